The number of pyridine rings is 1. The smallest absolute Gasteiger partial charge is 0.354 e. The summed E-state index contributed by atoms with van der Waals surface area (Å²) in [6.07, 6.45) is 0. The average Bonchev–Trinajstić information content (AvgIpc) is 3.12. The van der Waals surface area contributed by atoms with Crippen LogP contribution in [0, 0.1) is 0 Å². The molecular formula is C21H15ClN4O3. The molecule has 0 spiro atoms. The zero-order valence-electron chi connectivity index (χ0n) is 15.2. The molecule has 8 heteroatoms. The molecule has 0 atom stereocenters. The fourth-order valence-corrected chi connectivity index (χ4v) is 3.25. The molecule has 2 aromatic heterocycles. The van der Waals surface area contributed by atoms with Crippen molar-refractivity contribution in [1.29, 1.82) is 0 Å². The lowest BCUT2D eigenvalue weighted by Gasteiger charge is -2.09. The minimum atomic E-state index is -1.14. The first-order valence-electron chi connectivity index (χ1n) is 8.69. The van der Waals surface area contributed by atoms with Gasteiger partial charge in [0.2, 0.25) is 5.91 Å². The third-order valence-corrected chi connectivity index (χ3v) is 4.64. The minimum Gasteiger partial charge on any atom is -0.477 e. The molecule has 0 bridgehead atoms. The number of fused-ring (bicyclic) bond motifs is 1. The third-order valence-electron chi connectivity index (χ3n) is 4.39. The Labute approximate surface area is 170 Å². The number of rotatable bonds is 4. The van der Waals surface area contributed by atoms with Crippen LogP contribution in [0.4, 0.5) is 5.69 Å². The molecule has 0 saturated heterocycles. The van der Waals surface area contributed by atoms with Crippen LogP contribution < -0.4 is 5.32 Å². The number of halogens is 1. The van der Waals surface area contributed by atoms with E-state index in [0.29, 0.717) is 33.0 Å². The summed E-state index contributed by atoms with van der Waals surface area (Å²) in [5.74, 6) is -1.31. The van der Waals surface area contributed by atoms with Crippen LogP contribution in [0.2, 0.25) is 5.02 Å². The summed E-state index contributed by atoms with van der Waals surface area (Å²) in [6.45, 7) is 1.43. The van der Waals surface area contributed by atoms with Crippen molar-refractivity contribution in [2.45, 2.75) is 6.92 Å². The summed E-state index contributed by atoms with van der Waals surface area (Å²) >= 11 is 5.99. The van der Waals surface area contributed by atoms with Gasteiger partial charge in [-0.15, -0.1) is 0 Å². The normalized spacial score (nSPS) is 10.8. The van der Waals surface area contributed by atoms with Crippen molar-refractivity contribution < 1.29 is 14.7 Å². The SMILES string of the molecule is CC(=O)Nc1ccc(-c2cc(C(=O)O)nc3n[nH]c(-c4ccc(Cl)cc4)c23)cc1. The summed E-state index contributed by atoms with van der Waals surface area (Å²) in [5, 5.41) is 20.6. The van der Waals surface area contributed by atoms with Crippen LogP contribution in [-0.2, 0) is 4.79 Å². The number of hydrogen-bond acceptors (Lipinski definition) is 4. The van der Waals surface area contributed by atoms with Gasteiger partial charge in [0.05, 0.1) is 11.1 Å². The maximum Gasteiger partial charge on any atom is 0.354 e. The standard InChI is InChI=1S/C21H15ClN4O3/c1-11(27)23-15-8-4-12(5-9-15)16-10-17(21(28)29)24-20-18(16)19(25-26-20)13-2-6-14(22)7-3-13/h2-10H,1H3,(H,23,27)(H,28,29)(H,24,25,26). The summed E-state index contributed by atoms with van der Waals surface area (Å²) in [4.78, 5) is 27.0. The van der Waals surface area contributed by atoms with Gasteiger partial charge in [0.15, 0.2) is 11.3 Å². The molecule has 2 heterocycles. The highest BCUT2D eigenvalue weighted by atomic mass is 35.5. The number of aromatic nitrogens is 3. The van der Waals surface area contributed by atoms with Crippen molar-refractivity contribution in [3.8, 4) is 22.4 Å². The molecule has 0 fully saturated rings. The molecule has 1 amide bonds. The van der Waals surface area contributed by atoms with Gasteiger partial charge in [-0.2, -0.15) is 5.10 Å². The zero-order chi connectivity index (χ0) is 20.5. The van der Waals surface area contributed by atoms with E-state index in [1.54, 1.807) is 24.3 Å². The Hall–Kier alpha value is -3.71. The van der Waals surface area contributed by atoms with Crippen LogP contribution in [0.15, 0.2) is 54.6 Å². The maximum absolute atomic E-state index is 11.6. The van der Waals surface area contributed by atoms with Crippen molar-refractivity contribution in [3.63, 3.8) is 0 Å². The van der Waals surface area contributed by atoms with Crippen LogP contribution in [-0.4, -0.2) is 32.2 Å². The number of nitrogens with zero attached hydrogens (tertiary/aromatic N) is 2. The number of nitrogens with one attached hydrogen (secondary N) is 2. The predicted molar refractivity (Wildman–Crippen MR) is 111 cm³/mol. The van der Waals surface area contributed by atoms with Gasteiger partial charge in [-0.05, 0) is 41.5 Å². The van der Waals surface area contributed by atoms with Crippen LogP contribution in [0.25, 0.3) is 33.4 Å². The number of carboxylic acid groups (broad SMARTS) is 1. The van der Waals surface area contributed by atoms with E-state index >= 15 is 0 Å². The van der Waals surface area contributed by atoms with E-state index < -0.39 is 5.97 Å². The van der Waals surface area contributed by atoms with Gasteiger partial charge >= 0.3 is 5.97 Å². The van der Waals surface area contributed by atoms with E-state index in [4.69, 9.17) is 11.6 Å². The first-order chi connectivity index (χ1) is 13.9. The molecule has 7 nitrogen and oxygen atoms in total. The van der Waals surface area contributed by atoms with Gasteiger partial charge in [-0.25, -0.2) is 9.78 Å². The second kappa shape index (κ2) is 7.37. The highest BCUT2D eigenvalue weighted by molar-refractivity contribution is 6.30. The molecule has 2 aromatic carbocycles. The molecule has 0 aliphatic rings. The molecular weight excluding hydrogens is 392 g/mol. The fourth-order valence-electron chi connectivity index (χ4n) is 3.12. The van der Waals surface area contributed by atoms with Crippen molar-refractivity contribution in [3.05, 3.63) is 65.3 Å². The quantitative estimate of drug-likeness (QED) is 0.459. The lowest BCUT2D eigenvalue weighted by molar-refractivity contribution is -0.114. The van der Waals surface area contributed by atoms with Crippen molar-refractivity contribution >= 4 is 40.2 Å². The van der Waals surface area contributed by atoms with E-state index in [1.807, 2.05) is 24.3 Å². The molecule has 0 unspecified atom stereocenters. The fraction of sp³-hybridized carbons (Fsp3) is 0.0476. The predicted octanol–water partition coefficient (Wildman–Crippen LogP) is 4.60. The Kier molecular flexibility index (Phi) is 4.74. The van der Waals surface area contributed by atoms with Crippen molar-refractivity contribution in [2.24, 2.45) is 0 Å². The monoisotopic (exact) mass is 406 g/mol. The van der Waals surface area contributed by atoms with Crippen LogP contribution in [0.1, 0.15) is 17.4 Å². The van der Waals surface area contributed by atoms with Gasteiger partial charge in [-0.1, -0.05) is 35.9 Å². The van der Waals surface area contributed by atoms with E-state index in [1.165, 1.54) is 13.0 Å². The van der Waals surface area contributed by atoms with Gasteiger partial charge in [0.25, 0.3) is 0 Å². The van der Waals surface area contributed by atoms with Gasteiger partial charge in [-0.3, -0.25) is 9.89 Å². The Balaban J connectivity index is 1.92. The number of H-pyrrole nitrogens is 1. The molecule has 4 aromatic rings. The Morgan fingerprint density at radius 2 is 1.69 bits per heavy atom. The van der Waals surface area contributed by atoms with Gasteiger partial charge < -0.3 is 10.4 Å². The average molecular weight is 407 g/mol. The van der Waals surface area contributed by atoms with E-state index in [0.717, 1.165) is 11.1 Å². The second-order valence-electron chi connectivity index (χ2n) is 6.42. The summed E-state index contributed by atoms with van der Waals surface area (Å²) in [5.41, 5.74) is 3.84. The van der Waals surface area contributed by atoms with Crippen LogP contribution in [0.5, 0.6) is 0 Å². The molecule has 0 radical (unpaired) electrons. The van der Waals surface area contributed by atoms with E-state index in [2.05, 4.69) is 20.5 Å². The zero-order valence-corrected chi connectivity index (χ0v) is 16.0. The Morgan fingerprint density at radius 1 is 1.03 bits per heavy atom. The molecule has 0 aliphatic carbocycles. The maximum atomic E-state index is 11.6. The van der Waals surface area contributed by atoms with Gasteiger partial charge in [0, 0.05) is 23.2 Å². The highest BCUT2D eigenvalue weighted by Gasteiger charge is 2.18. The van der Waals surface area contributed by atoms with E-state index in [9.17, 15) is 14.7 Å². The first kappa shape index (κ1) is 18.6. The lowest BCUT2D eigenvalue weighted by atomic mass is 9.98. The summed E-state index contributed by atoms with van der Waals surface area (Å²) < 4.78 is 0. The minimum absolute atomic E-state index is 0.104. The number of benzene rings is 2. The molecule has 0 saturated carbocycles. The Morgan fingerprint density at radius 3 is 2.31 bits per heavy atom. The lowest BCUT2D eigenvalue weighted by Crippen LogP contribution is -2.05. The number of anilines is 1. The number of aromatic amines is 1. The number of hydrogen-bond donors (Lipinski definition) is 3. The molecule has 29 heavy (non-hydrogen) atoms. The van der Waals surface area contributed by atoms with Crippen molar-refractivity contribution in [1.82, 2.24) is 15.2 Å². The molecule has 0 aliphatic heterocycles. The van der Waals surface area contributed by atoms with Crippen LogP contribution >= 0.6 is 11.6 Å². The first-order valence-corrected chi connectivity index (χ1v) is 9.06. The van der Waals surface area contributed by atoms with Crippen molar-refractivity contribution in [2.75, 3.05) is 5.32 Å². The summed E-state index contributed by atoms with van der Waals surface area (Å²) in [7, 11) is 0. The molecule has 3 N–H and O–H groups in total. The summed E-state index contributed by atoms with van der Waals surface area (Å²) in [6, 6.07) is 15.9. The number of carbonyl (C=O) groups is 2. The topological polar surface area (TPSA) is 108 Å². The number of aromatic carboxylic acids is 1. The highest BCUT2D eigenvalue weighted by Crippen LogP contribution is 2.35. The van der Waals surface area contributed by atoms with E-state index in [-0.39, 0.29) is 11.6 Å². The molecule has 4 rings (SSSR count). The number of carboxylic acids is 1. The number of amides is 1. The Bertz CT molecular complexity index is 1230. The third kappa shape index (κ3) is 3.68. The van der Waals surface area contributed by atoms with Gasteiger partial charge in [0.1, 0.15) is 0 Å². The molecule has 144 valence electrons. The largest absolute Gasteiger partial charge is 0.477 e. The number of carbonyl (C=O) groups excluding carboxylic acids is 1. The van der Waals surface area contributed by atoms with Crippen LogP contribution in [0.3, 0.4) is 0 Å². The second-order valence-corrected chi connectivity index (χ2v) is 6.86.